The molecule has 9 heavy (non-hydrogen) atoms. The van der Waals surface area contributed by atoms with Gasteiger partial charge in [0.05, 0.1) is 12.2 Å². The summed E-state index contributed by atoms with van der Waals surface area (Å²) >= 11 is 0. The Morgan fingerprint density at radius 1 is 1.56 bits per heavy atom. The second-order valence-electron chi connectivity index (χ2n) is 3.55. The Kier molecular flexibility index (Phi) is 1.80. The van der Waals surface area contributed by atoms with Crippen molar-refractivity contribution in [1.29, 1.82) is 0 Å². The topological polar surface area (TPSA) is 9.23 Å². The fourth-order valence-corrected chi connectivity index (χ4v) is 1.42. The monoisotopic (exact) mass is 128 g/mol. The molecule has 0 spiro atoms. The van der Waals surface area contributed by atoms with Crippen LogP contribution in [0.15, 0.2) is 0 Å². The van der Waals surface area contributed by atoms with Crippen LogP contribution in [0.25, 0.3) is 0 Å². The Labute approximate surface area is 57.4 Å². The standard InChI is InChI=1S/C8H16O/c1-4-7-5-8(2,3)9-6-7/h7H,4-6H2,1-3H3/t7-/m1/s1. The molecule has 0 aromatic carbocycles. The third kappa shape index (κ3) is 1.68. The van der Waals surface area contributed by atoms with E-state index in [9.17, 15) is 0 Å². The van der Waals surface area contributed by atoms with Crippen molar-refractivity contribution < 1.29 is 4.74 Å². The van der Waals surface area contributed by atoms with Crippen LogP contribution in [0.2, 0.25) is 0 Å². The van der Waals surface area contributed by atoms with Crippen molar-refractivity contribution >= 4 is 0 Å². The highest BCUT2D eigenvalue weighted by Gasteiger charge is 2.30. The second-order valence-corrected chi connectivity index (χ2v) is 3.55. The molecule has 0 N–H and O–H groups in total. The summed E-state index contributed by atoms with van der Waals surface area (Å²) in [6, 6.07) is 0. The van der Waals surface area contributed by atoms with Crippen LogP contribution in [0.3, 0.4) is 0 Å². The molecule has 0 amide bonds. The molecule has 1 atom stereocenters. The molecule has 1 aliphatic heterocycles. The summed E-state index contributed by atoms with van der Waals surface area (Å²) in [4.78, 5) is 0. The molecule has 1 fully saturated rings. The summed E-state index contributed by atoms with van der Waals surface area (Å²) in [5.41, 5.74) is 0.167. The first kappa shape index (κ1) is 7.07. The summed E-state index contributed by atoms with van der Waals surface area (Å²) in [5.74, 6) is 0.819. The van der Waals surface area contributed by atoms with Crippen LogP contribution in [-0.4, -0.2) is 12.2 Å². The van der Waals surface area contributed by atoms with Gasteiger partial charge in [-0.15, -0.1) is 0 Å². The van der Waals surface area contributed by atoms with Gasteiger partial charge in [0, 0.05) is 0 Å². The summed E-state index contributed by atoms with van der Waals surface area (Å²) in [6.45, 7) is 7.55. The van der Waals surface area contributed by atoms with Gasteiger partial charge in [-0.1, -0.05) is 13.3 Å². The van der Waals surface area contributed by atoms with Crippen molar-refractivity contribution in [2.75, 3.05) is 6.61 Å². The van der Waals surface area contributed by atoms with Crippen LogP contribution in [0, 0.1) is 5.92 Å². The summed E-state index contributed by atoms with van der Waals surface area (Å²) in [6.07, 6.45) is 2.51. The summed E-state index contributed by atoms with van der Waals surface area (Å²) < 4.78 is 5.54. The summed E-state index contributed by atoms with van der Waals surface area (Å²) in [5, 5.41) is 0. The smallest absolute Gasteiger partial charge is 0.0630 e. The zero-order valence-electron chi connectivity index (χ0n) is 6.61. The van der Waals surface area contributed by atoms with Gasteiger partial charge in [-0.25, -0.2) is 0 Å². The minimum absolute atomic E-state index is 0.167. The predicted molar refractivity (Wildman–Crippen MR) is 38.4 cm³/mol. The van der Waals surface area contributed by atoms with Crippen molar-refractivity contribution in [3.8, 4) is 0 Å². The molecule has 54 valence electrons. The van der Waals surface area contributed by atoms with Gasteiger partial charge in [0.25, 0.3) is 0 Å². The molecule has 0 unspecified atom stereocenters. The molecule has 0 aliphatic carbocycles. The maximum absolute atomic E-state index is 5.54. The van der Waals surface area contributed by atoms with E-state index in [0.717, 1.165) is 12.5 Å². The highest BCUT2D eigenvalue weighted by Crippen LogP contribution is 2.30. The lowest BCUT2D eigenvalue weighted by Crippen LogP contribution is -2.16. The Bertz CT molecular complexity index is 96.7. The van der Waals surface area contributed by atoms with E-state index >= 15 is 0 Å². The van der Waals surface area contributed by atoms with Crippen LogP contribution < -0.4 is 0 Å². The fraction of sp³-hybridized carbons (Fsp3) is 1.00. The maximum Gasteiger partial charge on any atom is 0.0630 e. The second kappa shape index (κ2) is 2.30. The van der Waals surface area contributed by atoms with Gasteiger partial charge in [0.2, 0.25) is 0 Å². The van der Waals surface area contributed by atoms with Crippen molar-refractivity contribution in [2.45, 2.75) is 39.2 Å². The zero-order chi connectivity index (χ0) is 6.91. The van der Waals surface area contributed by atoms with Crippen LogP contribution in [0.4, 0.5) is 0 Å². The van der Waals surface area contributed by atoms with E-state index in [0.29, 0.717) is 0 Å². The lowest BCUT2D eigenvalue weighted by molar-refractivity contribution is 0.0349. The number of ether oxygens (including phenoxy) is 1. The van der Waals surface area contributed by atoms with Crippen molar-refractivity contribution in [3.63, 3.8) is 0 Å². The van der Waals surface area contributed by atoms with Gasteiger partial charge in [-0.3, -0.25) is 0 Å². The predicted octanol–water partition coefficient (Wildman–Crippen LogP) is 2.21. The minimum Gasteiger partial charge on any atom is -0.375 e. The molecule has 0 aromatic rings. The fourth-order valence-electron chi connectivity index (χ4n) is 1.42. The lowest BCUT2D eigenvalue weighted by atomic mass is 9.96. The molecule has 0 bridgehead atoms. The first-order chi connectivity index (χ1) is 4.14. The molecule has 1 heteroatoms. The number of hydrogen-bond donors (Lipinski definition) is 0. The van der Waals surface area contributed by atoms with E-state index < -0.39 is 0 Å². The van der Waals surface area contributed by atoms with Crippen LogP contribution in [0.5, 0.6) is 0 Å². The van der Waals surface area contributed by atoms with Gasteiger partial charge in [0.1, 0.15) is 0 Å². The van der Waals surface area contributed by atoms with E-state index in [2.05, 4.69) is 20.8 Å². The Morgan fingerprint density at radius 2 is 2.22 bits per heavy atom. The number of hydrogen-bond acceptors (Lipinski definition) is 1. The quantitative estimate of drug-likeness (QED) is 0.526. The highest BCUT2D eigenvalue weighted by molar-refractivity contribution is 4.79. The number of rotatable bonds is 1. The van der Waals surface area contributed by atoms with Crippen molar-refractivity contribution in [1.82, 2.24) is 0 Å². The van der Waals surface area contributed by atoms with Crippen LogP contribution in [-0.2, 0) is 4.74 Å². The zero-order valence-corrected chi connectivity index (χ0v) is 6.61. The Morgan fingerprint density at radius 3 is 2.44 bits per heavy atom. The normalized spacial score (nSPS) is 33.0. The maximum atomic E-state index is 5.54. The third-order valence-corrected chi connectivity index (χ3v) is 2.07. The first-order valence-corrected chi connectivity index (χ1v) is 3.78. The summed E-state index contributed by atoms with van der Waals surface area (Å²) in [7, 11) is 0. The van der Waals surface area contributed by atoms with E-state index in [4.69, 9.17) is 4.74 Å². The molecule has 1 saturated heterocycles. The molecule has 1 nitrogen and oxygen atoms in total. The van der Waals surface area contributed by atoms with Crippen LogP contribution in [0.1, 0.15) is 33.6 Å². The molecule has 1 rings (SSSR count). The van der Waals surface area contributed by atoms with Gasteiger partial charge in [-0.05, 0) is 26.2 Å². The molecule has 0 aromatic heterocycles. The van der Waals surface area contributed by atoms with Gasteiger partial charge in [0.15, 0.2) is 0 Å². The van der Waals surface area contributed by atoms with Gasteiger partial charge in [-0.2, -0.15) is 0 Å². The third-order valence-electron chi connectivity index (χ3n) is 2.07. The van der Waals surface area contributed by atoms with E-state index in [-0.39, 0.29) is 5.60 Å². The Hall–Kier alpha value is -0.0400. The minimum atomic E-state index is 0.167. The molecular weight excluding hydrogens is 112 g/mol. The Balaban J connectivity index is 2.38. The lowest BCUT2D eigenvalue weighted by Gasteiger charge is -2.15. The van der Waals surface area contributed by atoms with Gasteiger partial charge < -0.3 is 4.74 Å². The van der Waals surface area contributed by atoms with Crippen molar-refractivity contribution in [3.05, 3.63) is 0 Å². The van der Waals surface area contributed by atoms with E-state index in [1.54, 1.807) is 0 Å². The van der Waals surface area contributed by atoms with Crippen molar-refractivity contribution in [2.24, 2.45) is 5.92 Å². The molecule has 1 aliphatic rings. The van der Waals surface area contributed by atoms with E-state index in [1.165, 1.54) is 12.8 Å². The molecule has 0 radical (unpaired) electrons. The van der Waals surface area contributed by atoms with Crippen LogP contribution >= 0.6 is 0 Å². The highest BCUT2D eigenvalue weighted by atomic mass is 16.5. The molecule has 0 saturated carbocycles. The first-order valence-electron chi connectivity index (χ1n) is 3.78. The molecule has 1 heterocycles. The largest absolute Gasteiger partial charge is 0.375 e. The SMILES string of the molecule is CC[C@H]1COC(C)(C)C1. The van der Waals surface area contributed by atoms with Gasteiger partial charge >= 0.3 is 0 Å². The average Bonchev–Trinajstić information content (AvgIpc) is 2.10. The van der Waals surface area contributed by atoms with E-state index in [1.807, 2.05) is 0 Å². The average molecular weight is 128 g/mol. The molecular formula is C8H16O.